The standard InChI is InChI=1S/C24H31FN3O/c1-3-18-28(26,19-4-2)20-17-27(23-10-6-5-7-11-23)24(29)12-8-9-21-13-15-22(25)16-14-21/h3-7,10-11,13-16H,1-2,8-9,12,17-20,26H2/q+1. The Kier molecular flexibility index (Phi) is 8.77. The number of hydrogen-bond donors (Lipinski definition) is 1. The molecule has 2 aromatic rings. The lowest BCUT2D eigenvalue weighted by Gasteiger charge is -2.33. The minimum absolute atomic E-state index is 0.0575. The van der Waals surface area contributed by atoms with Crippen LogP contribution in [-0.2, 0) is 11.2 Å². The third-order valence-corrected chi connectivity index (χ3v) is 4.89. The van der Waals surface area contributed by atoms with Crippen LogP contribution in [0, 0.1) is 5.82 Å². The summed E-state index contributed by atoms with van der Waals surface area (Å²) in [6.07, 6.45) is 5.44. The molecule has 0 aliphatic rings. The highest BCUT2D eigenvalue weighted by molar-refractivity contribution is 5.93. The average Bonchev–Trinajstić information content (AvgIpc) is 2.71. The van der Waals surface area contributed by atoms with E-state index in [9.17, 15) is 9.18 Å². The summed E-state index contributed by atoms with van der Waals surface area (Å²) in [6.45, 7) is 9.89. The van der Waals surface area contributed by atoms with Crippen molar-refractivity contribution in [2.75, 3.05) is 31.1 Å². The monoisotopic (exact) mass is 396 g/mol. The van der Waals surface area contributed by atoms with Crippen molar-refractivity contribution < 1.29 is 13.8 Å². The largest absolute Gasteiger partial charge is 0.307 e. The predicted molar refractivity (Wildman–Crippen MR) is 118 cm³/mol. The third-order valence-electron chi connectivity index (χ3n) is 4.89. The van der Waals surface area contributed by atoms with Gasteiger partial charge in [0, 0.05) is 12.1 Å². The number of quaternary nitrogens is 1. The Balaban J connectivity index is 2.03. The molecule has 0 aliphatic carbocycles. The van der Waals surface area contributed by atoms with Crippen molar-refractivity contribution in [2.24, 2.45) is 5.84 Å². The fourth-order valence-electron chi connectivity index (χ4n) is 3.31. The van der Waals surface area contributed by atoms with Gasteiger partial charge in [0.1, 0.15) is 25.5 Å². The van der Waals surface area contributed by atoms with E-state index >= 15 is 0 Å². The summed E-state index contributed by atoms with van der Waals surface area (Å²) in [4.78, 5) is 14.8. The highest BCUT2D eigenvalue weighted by Crippen LogP contribution is 2.17. The average molecular weight is 397 g/mol. The number of aryl methyl sites for hydroxylation is 1. The molecule has 0 heterocycles. The van der Waals surface area contributed by atoms with Crippen LogP contribution in [0.1, 0.15) is 18.4 Å². The van der Waals surface area contributed by atoms with Gasteiger partial charge in [-0.3, -0.25) is 4.79 Å². The molecule has 0 unspecified atom stereocenters. The number of carbonyl (C=O) groups is 1. The van der Waals surface area contributed by atoms with Crippen molar-refractivity contribution in [1.82, 2.24) is 0 Å². The molecular weight excluding hydrogens is 365 g/mol. The van der Waals surface area contributed by atoms with Gasteiger partial charge in [-0.2, -0.15) is 5.84 Å². The van der Waals surface area contributed by atoms with Crippen LogP contribution in [0.25, 0.3) is 0 Å². The van der Waals surface area contributed by atoms with Crippen LogP contribution in [0.3, 0.4) is 0 Å². The maximum absolute atomic E-state index is 13.0. The van der Waals surface area contributed by atoms with E-state index in [4.69, 9.17) is 5.84 Å². The van der Waals surface area contributed by atoms with Crippen LogP contribution < -0.4 is 10.7 Å². The molecule has 0 saturated carbocycles. The fourth-order valence-corrected chi connectivity index (χ4v) is 3.31. The lowest BCUT2D eigenvalue weighted by atomic mass is 10.1. The highest BCUT2D eigenvalue weighted by atomic mass is 19.1. The topological polar surface area (TPSA) is 46.3 Å². The second-order valence-corrected chi connectivity index (χ2v) is 7.25. The second kappa shape index (κ2) is 11.3. The summed E-state index contributed by atoms with van der Waals surface area (Å²) in [5, 5.41) is 0. The van der Waals surface area contributed by atoms with E-state index in [-0.39, 0.29) is 16.3 Å². The zero-order valence-corrected chi connectivity index (χ0v) is 17.0. The van der Waals surface area contributed by atoms with Crippen LogP contribution in [0.15, 0.2) is 79.9 Å². The second-order valence-electron chi connectivity index (χ2n) is 7.25. The molecule has 5 heteroatoms. The molecule has 4 nitrogen and oxygen atoms in total. The number of amides is 1. The van der Waals surface area contributed by atoms with Crippen LogP contribution in [0.5, 0.6) is 0 Å². The molecule has 1 amide bonds. The molecule has 0 radical (unpaired) electrons. The lowest BCUT2D eigenvalue weighted by molar-refractivity contribution is -0.927. The Hall–Kier alpha value is -2.76. The molecule has 2 aromatic carbocycles. The number of para-hydroxylation sites is 1. The summed E-state index contributed by atoms with van der Waals surface area (Å²) in [5.41, 5.74) is 1.89. The van der Waals surface area contributed by atoms with Gasteiger partial charge in [-0.15, -0.1) is 0 Å². The van der Waals surface area contributed by atoms with Gasteiger partial charge in [0.05, 0.1) is 6.54 Å². The number of halogens is 1. The van der Waals surface area contributed by atoms with Gasteiger partial charge in [0.2, 0.25) is 5.91 Å². The molecule has 0 atom stereocenters. The van der Waals surface area contributed by atoms with E-state index in [1.807, 2.05) is 30.3 Å². The number of benzene rings is 2. The van der Waals surface area contributed by atoms with Crippen molar-refractivity contribution in [2.45, 2.75) is 19.3 Å². The van der Waals surface area contributed by atoms with E-state index in [0.29, 0.717) is 39.0 Å². The van der Waals surface area contributed by atoms with Gasteiger partial charge in [-0.1, -0.05) is 43.5 Å². The Morgan fingerprint density at radius 3 is 2.24 bits per heavy atom. The Morgan fingerprint density at radius 2 is 1.66 bits per heavy atom. The molecule has 0 aromatic heterocycles. The highest BCUT2D eigenvalue weighted by Gasteiger charge is 2.24. The number of nitrogens with two attached hydrogens (primary N) is 1. The number of carbonyl (C=O) groups excluding carboxylic acids is 1. The molecule has 0 saturated heterocycles. The van der Waals surface area contributed by atoms with Gasteiger partial charge in [-0.25, -0.2) is 8.98 Å². The van der Waals surface area contributed by atoms with Crippen LogP contribution in [-0.4, -0.2) is 36.7 Å². The molecule has 2 N–H and O–H groups in total. The van der Waals surface area contributed by atoms with Crippen LogP contribution in [0.2, 0.25) is 0 Å². The van der Waals surface area contributed by atoms with E-state index < -0.39 is 0 Å². The molecular formula is C24H31FN3O+. The van der Waals surface area contributed by atoms with Crippen LogP contribution in [0.4, 0.5) is 10.1 Å². The maximum atomic E-state index is 13.0. The molecule has 0 aliphatic heterocycles. The molecule has 0 bridgehead atoms. The van der Waals surface area contributed by atoms with E-state index in [1.54, 1.807) is 29.2 Å². The smallest absolute Gasteiger partial charge is 0.227 e. The molecule has 0 fully saturated rings. The Bertz CT molecular complexity index is 780. The van der Waals surface area contributed by atoms with Gasteiger partial charge in [-0.05, 0) is 54.8 Å². The maximum Gasteiger partial charge on any atom is 0.227 e. The minimum atomic E-state index is -0.248. The first-order valence-corrected chi connectivity index (χ1v) is 9.94. The fraction of sp³-hybridized carbons (Fsp3) is 0.292. The SMILES string of the molecule is C=CC[N+](N)(CC=C)CCN(C(=O)CCCc1ccc(F)cc1)c1ccccc1. The van der Waals surface area contributed by atoms with Crippen molar-refractivity contribution in [1.29, 1.82) is 0 Å². The summed E-state index contributed by atoms with van der Waals surface area (Å²) < 4.78 is 13.3. The number of rotatable bonds is 12. The molecule has 154 valence electrons. The zero-order valence-electron chi connectivity index (χ0n) is 17.0. The van der Waals surface area contributed by atoms with Gasteiger partial charge >= 0.3 is 0 Å². The quantitative estimate of drug-likeness (QED) is 0.252. The Labute approximate surface area is 173 Å². The summed E-state index contributed by atoms with van der Waals surface area (Å²) in [6, 6.07) is 16.1. The Morgan fingerprint density at radius 1 is 1.03 bits per heavy atom. The first-order chi connectivity index (χ1) is 14.0. The number of anilines is 1. The molecule has 29 heavy (non-hydrogen) atoms. The minimum Gasteiger partial charge on any atom is -0.307 e. The number of hydrogen-bond acceptors (Lipinski definition) is 2. The third kappa shape index (κ3) is 7.29. The lowest BCUT2D eigenvalue weighted by Crippen LogP contribution is -2.58. The summed E-state index contributed by atoms with van der Waals surface area (Å²) in [7, 11) is 0. The summed E-state index contributed by atoms with van der Waals surface area (Å²) >= 11 is 0. The summed E-state index contributed by atoms with van der Waals surface area (Å²) in [5.74, 6) is 6.27. The first kappa shape index (κ1) is 22.5. The van der Waals surface area contributed by atoms with E-state index in [2.05, 4.69) is 13.2 Å². The van der Waals surface area contributed by atoms with E-state index in [0.717, 1.165) is 17.7 Å². The van der Waals surface area contributed by atoms with Gasteiger partial charge < -0.3 is 4.90 Å². The van der Waals surface area contributed by atoms with Crippen molar-refractivity contribution >= 4 is 11.6 Å². The van der Waals surface area contributed by atoms with Gasteiger partial charge in [0.15, 0.2) is 0 Å². The normalized spacial score (nSPS) is 11.1. The molecule has 0 spiro atoms. The number of nitrogens with zero attached hydrogens (tertiary/aromatic N) is 2. The van der Waals surface area contributed by atoms with Crippen molar-refractivity contribution in [3.05, 3.63) is 91.3 Å². The van der Waals surface area contributed by atoms with Crippen molar-refractivity contribution in [3.63, 3.8) is 0 Å². The van der Waals surface area contributed by atoms with Crippen LogP contribution >= 0.6 is 0 Å². The zero-order chi connectivity index (χ0) is 21.1. The van der Waals surface area contributed by atoms with Gasteiger partial charge in [0.25, 0.3) is 0 Å². The predicted octanol–water partition coefficient (Wildman–Crippen LogP) is 4.24. The molecule has 2 rings (SSSR count). The first-order valence-electron chi connectivity index (χ1n) is 9.94. The van der Waals surface area contributed by atoms with Crippen molar-refractivity contribution in [3.8, 4) is 0 Å². The van der Waals surface area contributed by atoms with E-state index in [1.165, 1.54) is 12.1 Å².